The van der Waals surface area contributed by atoms with Crippen molar-refractivity contribution in [3.63, 3.8) is 0 Å². The van der Waals surface area contributed by atoms with E-state index in [0.29, 0.717) is 5.78 Å². The van der Waals surface area contributed by atoms with Crippen molar-refractivity contribution in [1.82, 2.24) is 0 Å². The topological polar surface area (TPSA) is 26.3 Å². The SMILES string of the molecule is CCCCCC(C)=O.CCOCC. The van der Waals surface area contributed by atoms with E-state index < -0.39 is 0 Å². The maximum absolute atomic E-state index is 10.3. The molecule has 0 N–H and O–H groups in total. The van der Waals surface area contributed by atoms with Crippen LogP contribution in [0.4, 0.5) is 0 Å². The summed E-state index contributed by atoms with van der Waals surface area (Å²) in [6.07, 6.45) is 4.24. The molecule has 0 fully saturated rings. The normalized spacial score (nSPS) is 8.92. The molecule has 0 bridgehead atoms. The average molecular weight is 188 g/mol. The smallest absolute Gasteiger partial charge is 0.129 e. The summed E-state index contributed by atoms with van der Waals surface area (Å²) in [6.45, 7) is 9.45. The molecule has 0 spiro atoms. The molecule has 0 atom stereocenters. The fourth-order valence-corrected chi connectivity index (χ4v) is 0.828. The third kappa shape index (κ3) is 24.5. The van der Waals surface area contributed by atoms with Gasteiger partial charge in [0.1, 0.15) is 5.78 Å². The average Bonchev–Trinajstić information content (AvgIpc) is 2.07. The van der Waals surface area contributed by atoms with Crippen molar-refractivity contribution in [2.24, 2.45) is 0 Å². The molecule has 0 saturated heterocycles. The molecule has 0 heterocycles. The van der Waals surface area contributed by atoms with E-state index in [1.54, 1.807) is 6.92 Å². The van der Waals surface area contributed by atoms with Gasteiger partial charge in [0.05, 0.1) is 0 Å². The van der Waals surface area contributed by atoms with E-state index in [-0.39, 0.29) is 0 Å². The second-order valence-electron chi connectivity index (χ2n) is 2.94. The predicted molar refractivity (Wildman–Crippen MR) is 57.0 cm³/mol. The quantitative estimate of drug-likeness (QED) is 0.598. The first-order valence-electron chi connectivity index (χ1n) is 5.26. The number of carbonyl (C=O) groups excluding carboxylic acids is 1. The van der Waals surface area contributed by atoms with Crippen molar-refractivity contribution in [1.29, 1.82) is 0 Å². The van der Waals surface area contributed by atoms with Crippen molar-refractivity contribution in [3.8, 4) is 0 Å². The summed E-state index contributed by atoms with van der Waals surface area (Å²) in [6, 6.07) is 0. The zero-order chi connectivity index (χ0) is 10.5. The largest absolute Gasteiger partial charge is 0.382 e. The van der Waals surface area contributed by atoms with Crippen LogP contribution in [0.25, 0.3) is 0 Å². The van der Waals surface area contributed by atoms with E-state index in [1.807, 2.05) is 13.8 Å². The Morgan fingerprint density at radius 1 is 1.08 bits per heavy atom. The molecule has 0 amide bonds. The molecule has 0 saturated carbocycles. The first kappa shape index (κ1) is 15.1. The van der Waals surface area contributed by atoms with Gasteiger partial charge in [-0.25, -0.2) is 0 Å². The summed E-state index contributed by atoms with van der Waals surface area (Å²) in [7, 11) is 0. The van der Waals surface area contributed by atoms with Crippen LogP contribution in [0.2, 0.25) is 0 Å². The number of rotatable bonds is 6. The molecular weight excluding hydrogens is 164 g/mol. The Balaban J connectivity index is 0. The van der Waals surface area contributed by atoms with Crippen molar-refractivity contribution in [2.45, 2.75) is 53.4 Å². The lowest BCUT2D eigenvalue weighted by molar-refractivity contribution is -0.117. The van der Waals surface area contributed by atoms with Gasteiger partial charge in [0, 0.05) is 19.6 Å². The van der Waals surface area contributed by atoms with Crippen molar-refractivity contribution < 1.29 is 9.53 Å². The third-order valence-corrected chi connectivity index (χ3v) is 1.54. The molecule has 13 heavy (non-hydrogen) atoms. The minimum atomic E-state index is 0.318. The van der Waals surface area contributed by atoms with E-state index in [0.717, 1.165) is 26.1 Å². The molecule has 2 nitrogen and oxygen atoms in total. The number of ether oxygens (including phenoxy) is 1. The number of hydrogen-bond donors (Lipinski definition) is 0. The van der Waals surface area contributed by atoms with Crippen molar-refractivity contribution in [2.75, 3.05) is 13.2 Å². The minimum Gasteiger partial charge on any atom is -0.382 e. The van der Waals surface area contributed by atoms with Gasteiger partial charge >= 0.3 is 0 Å². The van der Waals surface area contributed by atoms with Crippen LogP contribution in [0.5, 0.6) is 0 Å². The Morgan fingerprint density at radius 3 is 1.85 bits per heavy atom. The lowest BCUT2D eigenvalue weighted by Gasteiger charge is -1.90. The molecule has 0 aromatic carbocycles. The van der Waals surface area contributed by atoms with E-state index in [9.17, 15) is 4.79 Å². The second kappa shape index (κ2) is 14.2. The summed E-state index contributed by atoms with van der Waals surface area (Å²) < 4.78 is 4.83. The molecule has 0 unspecified atom stereocenters. The van der Waals surface area contributed by atoms with E-state index in [4.69, 9.17) is 4.74 Å². The highest BCUT2D eigenvalue weighted by Crippen LogP contribution is 1.98. The molecule has 0 aliphatic heterocycles. The number of hydrogen-bond acceptors (Lipinski definition) is 2. The Hall–Kier alpha value is -0.370. The molecule has 0 aliphatic rings. The first-order valence-corrected chi connectivity index (χ1v) is 5.26. The molecule has 80 valence electrons. The summed E-state index contributed by atoms with van der Waals surface area (Å²) in [5, 5.41) is 0. The summed E-state index contributed by atoms with van der Waals surface area (Å²) >= 11 is 0. The van der Waals surface area contributed by atoms with Gasteiger partial charge in [-0.15, -0.1) is 0 Å². The van der Waals surface area contributed by atoms with Gasteiger partial charge in [-0.2, -0.15) is 0 Å². The molecule has 0 aromatic heterocycles. The van der Waals surface area contributed by atoms with Crippen molar-refractivity contribution in [3.05, 3.63) is 0 Å². The monoisotopic (exact) mass is 188 g/mol. The minimum absolute atomic E-state index is 0.318. The van der Waals surface area contributed by atoms with Crippen LogP contribution in [0, 0.1) is 0 Å². The summed E-state index contributed by atoms with van der Waals surface area (Å²) in [4.78, 5) is 10.3. The Morgan fingerprint density at radius 2 is 1.62 bits per heavy atom. The zero-order valence-corrected chi connectivity index (χ0v) is 9.56. The number of Topliss-reactive ketones (excluding diaryl/α,β-unsaturated/α-hetero) is 1. The molecule has 0 aliphatic carbocycles. The van der Waals surface area contributed by atoms with Crippen LogP contribution in [0.1, 0.15) is 53.4 Å². The highest BCUT2D eigenvalue weighted by Gasteiger charge is 1.89. The van der Waals surface area contributed by atoms with Gasteiger partial charge in [-0.05, 0) is 27.2 Å². The predicted octanol–water partition coefficient (Wildman–Crippen LogP) is 3.20. The first-order chi connectivity index (χ1) is 6.18. The highest BCUT2D eigenvalue weighted by atomic mass is 16.5. The van der Waals surface area contributed by atoms with Crippen LogP contribution in [0.15, 0.2) is 0 Å². The number of unbranched alkanes of at least 4 members (excludes halogenated alkanes) is 2. The lowest BCUT2D eigenvalue weighted by atomic mass is 10.2. The fourth-order valence-electron chi connectivity index (χ4n) is 0.828. The van der Waals surface area contributed by atoms with Gasteiger partial charge in [0.25, 0.3) is 0 Å². The van der Waals surface area contributed by atoms with Crippen LogP contribution >= 0.6 is 0 Å². The fraction of sp³-hybridized carbons (Fsp3) is 0.909. The maximum atomic E-state index is 10.3. The standard InChI is InChI=1S/C7H14O.C4H10O/c1-3-4-5-6-7(2)8;1-3-5-4-2/h3-6H2,1-2H3;3-4H2,1-2H3. The molecule has 0 aromatic rings. The van der Waals surface area contributed by atoms with Crippen molar-refractivity contribution >= 4 is 5.78 Å². The Bertz CT molecular complexity index is 98.3. The van der Waals surface area contributed by atoms with E-state index >= 15 is 0 Å². The van der Waals surface area contributed by atoms with Gasteiger partial charge in [-0.3, -0.25) is 0 Å². The molecule has 0 rings (SSSR count). The van der Waals surface area contributed by atoms with Crippen LogP contribution in [0.3, 0.4) is 0 Å². The van der Waals surface area contributed by atoms with Gasteiger partial charge in [0.15, 0.2) is 0 Å². The van der Waals surface area contributed by atoms with Gasteiger partial charge in [0.2, 0.25) is 0 Å². The number of ketones is 1. The van der Waals surface area contributed by atoms with E-state index in [1.165, 1.54) is 12.8 Å². The Kier molecular flexibility index (Phi) is 16.5. The number of carbonyl (C=O) groups is 1. The lowest BCUT2D eigenvalue weighted by Crippen LogP contribution is -1.87. The van der Waals surface area contributed by atoms with Crippen LogP contribution in [-0.2, 0) is 9.53 Å². The van der Waals surface area contributed by atoms with Gasteiger partial charge in [-0.1, -0.05) is 19.8 Å². The maximum Gasteiger partial charge on any atom is 0.129 e. The molecular formula is C11H24O2. The summed E-state index contributed by atoms with van der Waals surface area (Å²) in [5.41, 5.74) is 0. The van der Waals surface area contributed by atoms with Crippen LogP contribution < -0.4 is 0 Å². The zero-order valence-electron chi connectivity index (χ0n) is 9.56. The second-order valence-corrected chi connectivity index (χ2v) is 2.94. The third-order valence-electron chi connectivity index (χ3n) is 1.54. The Labute approximate surface area is 82.7 Å². The van der Waals surface area contributed by atoms with Crippen LogP contribution in [-0.4, -0.2) is 19.0 Å². The van der Waals surface area contributed by atoms with E-state index in [2.05, 4.69) is 6.92 Å². The molecule has 0 radical (unpaired) electrons. The highest BCUT2D eigenvalue weighted by molar-refractivity contribution is 5.75. The van der Waals surface area contributed by atoms with Gasteiger partial charge < -0.3 is 9.53 Å². The molecule has 2 heteroatoms. The summed E-state index contributed by atoms with van der Waals surface area (Å²) in [5.74, 6) is 0.318.